The van der Waals surface area contributed by atoms with Gasteiger partial charge >= 0.3 is 0 Å². The van der Waals surface area contributed by atoms with E-state index in [1.54, 1.807) is 36.2 Å². The van der Waals surface area contributed by atoms with Gasteiger partial charge in [0.15, 0.2) is 0 Å². The summed E-state index contributed by atoms with van der Waals surface area (Å²) < 4.78 is 13.3. The van der Waals surface area contributed by atoms with Gasteiger partial charge in [0.2, 0.25) is 0 Å². The molecule has 21 heavy (non-hydrogen) atoms. The molecule has 0 bridgehead atoms. The second-order valence-corrected chi connectivity index (χ2v) is 4.55. The van der Waals surface area contributed by atoms with Gasteiger partial charge in [-0.2, -0.15) is 5.26 Å². The van der Waals surface area contributed by atoms with Crippen molar-refractivity contribution in [1.29, 1.82) is 5.26 Å². The zero-order valence-electron chi connectivity index (χ0n) is 11.3. The van der Waals surface area contributed by atoms with Crippen molar-refractivity contribution in [2.45, 2.75) is 6.54 Å². The highest BCUT2D eigenvalue weighted by atomic mass is 19.1. The molecule has 0 amide bonds. The molecule has 6 heteroatoms. The Morgan fingerprint density at radius 1 is 1.29 bits per heavy atom. The second-order valence-electron chi connectivity index (χ2n) is 4.55. The first-order valence-electron chi connectivity index (χ1n) is 6.15. The van der Waals surface area contributed by atoms with Crippen LogP contribution in [0, 0.1) is 27.3 Å². The Balaban J connectivity index is 2.27. The van der Waals surface area contributed by atoms with Crippen molar-refractivity contribution in [2.24, 2.45) is 0 Å². The minimum atomic E-state index is -0.538. The summed E-state index contributed by atoms with van der Waals surface area (Å²) >= 11 is 0. The van der Waals surface area contributed by atoms with E-state index >= 15 is 0 Å². The molecule has 0 aliphatic carbocycles. The third-order valence-electron chi connectivity index (χ3n) is 3.05. The molecule has 0 aliphatic heterocycles. The van der Waals surface area contributed by atoms with Gasteiger partial charge in [-0.25, -0.2) is 4.39 Å². The van der Waals surface area contributed by atoms with Crippen LogP contribution >= 0.6 is 0 Å². The highest BCUT2D eigenvalue weighted by Gasteiger charge is 2.18. The molecule has 0 radical (unpaired) electrons. The van der Waals surface area contributed by atoms with Crippen molar-refractivity contribution in [3.8, 4) is 6.07 Å². The Labute approximate surface area is 121 Å². The van der Waals surface area contributed by atoms with Gasteiger partial charge in [-0.1, -0.05) is 12.1 Å². The second kappa shape index (κ2) is 6.01. The number of rotatable bonds is 4. The van der Waals surface area contributed by atoms with E-state index in [-0.39, 0.29) is 11.4 Å². The number of nitriles is 1. The molecule has 0 aromatic heterocycles. The average Bonchev–Trinajstić information content (AvgIpc) is 2.47. The molecular weight excluding hydrogens is 273 g/mol. The van der Waals surface area contributed by atoms with E-state index in [4.69, 9.17) is 5.26 Å². The monoisotopic (exact) mass is 285 g/mol. The maximum atomic E-state index is 13.3. The zero-order chi connectivity index (χ0) is 15.4. The van der Waals surface area contributed by atoms with E-state index in [0.29, 0.717) is 12.1 Å². The highest BCUT2D eigenvalue weighted by molar-refractivity contribution is 5.63. The third-order valence-corrected chi connectivity index (χ3v) is 3.05. The Morgan fingerprint density at radius 2 is 1.95 bits per heavy atom. The summed E-state index contributed by atoms with van der Waals surface area (Å²) in [5, 5.41) is 19.7. The Morgan fingerprint density at radius 3 is 2.52 bits per heavy atom. The van der Waals surface area contributed by atoms with E-state index < -0.39 is 10.7 Å². The van der Waals surface area contributed by atoms with Gasteiger partial charge in [0.1, 0.15) is 11.5 Å². The predicted octanol–water partition coefficient (Wildman–Crippen LogP) is 3.24. The van der Waals surface area contributed by atoms with Gasteiger partial charge in [-0.05, 0) is 23.8 Å². The first-order valence-corrected chi connectivity index (χ1v) is 6.15. The summed E-state index contributed by atoms with van der Waals surface area (Å²) in [5.74, 6) is -0.526. The fourth-order valence-electron chi connectivity index (χ4n) is 2.00. The van der Waals surface area contributed by atoms with Gasteiger partial charge < -0.3 is 4.90 Å². The fourth-order valence-corrected chi connectivity index (χ4v) is 2.00. The Bertz CT molecular complexity index is 708. The van der Waals surface area contributed by atoms with Crippen LogP contribution in [-0.2, 0) is 6.54 Å². The van der Waals surface area contributed by atoms with E-state index in [9.17, 15) is 14.5 Å². The van der Waals surface area contributed by atoms with E-state index in [0.717, 1.165) is 23.8 Å². The molecule has 0 fully saturated rings. The maximum Gasteiger partial charge on any atom is 0.292 e. The molecule has 0 unspecified atom stereocenters. The van der Waals surface area contributed by atoms with Gasteiger partial charge in [-0.3, -0.25) is 10.1 Å². The molecule has 0 saturated heterocycles. The van der Waals surface area contributed by atoms with Crippen LogP contribution in [0.5, 0.6) is 0 Å². The lowest BCUT2D eigenvalue weighted by Crippen LogP contribution is -2.17. The average molecular weight is 285 g/mol. The zero-order valence-corrected chi connectivity index (χ0v) is 11.3. The van der Waals surface area contributed by atoms with Gasteiger partial charge in [-0.15, -0.1) is 0 Å². The van der Waals surface area contributed by atoms with Crippen molar-refractivity contribution in [1.82, 2.24) is 0 Å². The maximum absolute atomic E-state index is 13.3. The smallest absolute Gasteiger partial charge is 0.292 e. The number of nitro groups is 1. The van der Waals surface area contributed by atoms with Crippen LogP contribution in [0.25, 0.3) is 0 Å². The summed E-state index contributed by atoms with van der Waals surface area (Å²) in [6.07, 6.45) is 0. The lowest BCUT2D eigenvalue weighted by Gasteiger charge is -2.19. The van der Waals surface area contributed by atoms with Crippen LogP contribution in [0.4, 0.5) is 15.8 Å². The van der Waals surface area contributed by atoms with Crippen LogP contribution in [-0.4, -0.2) is 12.0 Å². The summed E-state index contributed by atoms with van der Waals surface area (Å²) in [5.41, 5.74) is 1.48. The van der Waals surface area contributed by atoms with Crippen molar-refractivity contribution in [2.75, 3.05) is 11.9 Å². The van der Waals surface area contributed by atoms with Gasteiger partial charge in [0.05, 0.1) is 16.6 Å². The topological polar surface area (TPSA) is 70.2 Å². The number of nitro benzene ring substituents is 1. The van der Waals surface area contributed by atoms with Crippen LogP contribution in [0.15, 0.2) is 42.5 Å². The standard InChI is InChI=1S/C15H12FN3O2/c1-18(10-12-4-2-11(9-17)3-5-12)15-8-13(16)6-7-14(15)19(20)21/h2-8H,10H2,1H3. The number of hydrogen-bond acceptors (Lipinski definition) is 4. The van der Waals surface area contributed by atoms with Gasteiger partial charge in [0.25, 0.3) is 5.69 Å². The number of hydrogen-bond donors (Lipinski definition) is 0. The Kier molecular flexibility index (Phi) is 4.14. The highest BCUT2D eigenvalue weighted by Crippen LogP contribution is 2.29. The molecular formula is C15H12FN3O2. The Hall–Kier alpha value is -2.94. The number of nitrogens with zero attached hydrogens (tertiary/aromatic N) is 3. The first-order chi connectivity index (χ1) is 10.0. The van der Waals surface area contributed by atoms with Crippen molar-refractivity contribution < 1.29 is 9.31 Å². The lowest BCUT2D eigenvalue weighted by atomic mass is 10.1. The normalized spacial score (nSPS) is 9.95. The van der Waals surface area contributed by atoms with Crippen LogP contribution in [0.2, 0.25) is 0 Å². The summed E-state index contributed by atoms with van der Waals surface area (Å²) in [4.78, 5) is 12.1. The molecule has 0 N–H and O–H groups in total. The molecule has 0 atom stereocenters. The van der Waals surface area contributed by atoms with Crippen LogP contribution < -0.4 is 4.90 Å². The minimum Gasteiger partial charge on any atom is -0.365 e. The largest absolute Gasteiger partial charge is 0.365 e. The van der Waals surface area contributed by atoms with Crippen molar-refractivity contribution >= 4 is 11.4 Å². The van der Waals surface area contributed by atoms with Crippen LogP contribution in [0.3, 0.4) is 0 Å². The summed E-state index contributed by atoms with van der Waals surface area (Å²) in [6, 6.07) is 12.2. The third kappa shape index (κ3) is 3.34. The number of halogens is 1. The lowest BCUT2D eigenvalue weighted by molar-refractivity contribution is -0.384. The SMILES string of the molecule is CN(Cc1ccc(C#N)cc1)c1cc(F)ccc1[N+](=O)[O-]. The van der Waals surface area contributed by atoms with Crippen molar-refractivity contribution in [3.05, 3.63) is 69.5 Å². The van der Waals surface area contributed by atoms with E-state index in [2.05, 4.69) is 0 Å². The first kappa shape index (κ1) is 14.5. The predicted molar refractivity (Wildman–Crippen MR) is 76.3 cm³/mol. The van der Waals surface area contributed by atoms with Crippen LogP contribution in [0.1, 0.15) is 11.1 Å². The van der Waals surface area contributed by atoms with E-state index in [1.807, 2.05) is 6.07 Å². The van der Waals surface area contributed by atoms with Crippen molar-refractivity contribution in [3.63, 3.8) is 0 Å². The number of benzene rings is 2. The summed E-state index contributed by atoms with van der Waals surface area (Å²) in [7, 11) is 1.65. The minimum absolute atomic E-state index is 0.146. The molecule has 5 nitrogen and oxygen atoms in total. The molecule has 0 aliphatic rings. The quantitative estimate of drug-likeness (QED) is 0.638. The molecule has 2 rings (SSSR count). The molecule has 2 aromatic carbocycles. The molecule has 0 spiro atoms. The number of anilines is 1. The van der Waals surface area contributed by atoms with Gasteiger partial charge in [0, 0.05) is 25.7 Å². The van der Waals surface area contributed by atoms with E-state index in [1.165, 1.54) is 0 Å². The fraction of sp³-hybridized carbons (Fsp3) is 0.133. The molecule has 2 aromatic rings. The molecule has 106 valence electrons. The molecule has 0 saturated carbocycles. The molecule has 0 heterocycles. The summed E-state index contributed by atoms with van der Waals surface area (Å²) in [6.45, 7) is 0.371.